The smallest absolute Gasteiger partial charge is 0.358 e. The van der Waals surface area contributed by atoms with Crippen LogP contribution in [0.3, 0.4) is 0 Å². The number of carbonyl (C=O) groups is 3. The van der Waals surface area contributed by atoms with Gasteiger partial charge in [0.25, 0.3) is 5.91 Å². The number of aromatic nitrogens is 2. The summed E-state index contributed by atoms with van der Waals surface area (Å²) in [5.41, 5.74) is 0.815. The molecule has 1 N–H and O–H groups in total. The van der Waals surface area contributed by atoms with E-state index < -0.39 is 11.5 Å². The lowest BCUT2D eigenvalue weighted by Gasteiger charge is -2.44. The molecule has 1 aliphatic heterocycles. The van der Waals surface area contributed by atoms with Crippen molar-refractivity contribution in [3.05, 3.63) is 47.3 Å². The van der Waals surface area contributed by atoms with Gasteiger partial charge in [0.1, 0.15) is 11.2 Å². The SMILES string of the molecule is CCOC(=O)c1cc2n(n1)C[C@@](C)(C(=O)NC1CCCCC1)N(c1ccccc1CC)C2=O. The Labute approximate surface area is 194 Å². The molecule has 2 heterocycles. The highest BCUT2D eigenvalue weighted by Gasteiger charge is 2.50. The van der Waals surface area contributed by atoms with Crippen LogP contribution in [-0.4, -0.2) is 45.8 Å². The van der Waals surface area contributed by atoms with E-state index in [-0.39, 0.29) is 42.4 Å². The van der Waals surface area contributed by atoms with Gasteiger partial charge in [-0.15, -0.1) is 0 Å². The van der Waals surface area contributed by atoms with Crippen LogP contribution in [0.2, 0.25) is 0 Å². The lowest BCUT2D eigenvalue weighted by molar-refractivity contribution is -0.127. The van der Waals surface area contributed by atoms with Gasteiger partial charge in [-0.05, 0) is 44.7 Å². The molecular formula is C25H32N4O4. The topological polar surface area (TPSA) is 93.5 Å². The summed E-state index contributed by atoms with van der Waals surface area (Å²) in [5, 5.41) is 7.53. The van der Waals surface area contributed by atoms with Gasteiger partial charge in [-0.25, -0.2) is 4.79 Å². The van der Waals surface area contributed by atoms with Gasteiger partial charge in [0.15, 0.2) is 5.69 Å². The first-order valence-corrected chi connectivity index (χ1v) is 11.9. The van der Waals surface area contributed by atoms with E-state index in [0.717, 1.165) is 31.2 Å². The van der Waals surface area contributed by atoms with E-state index in [4.69, 9.17) is 4.74 Å². The molecule has 4 rings (SSSR count). The van der Waals surface area contributed by atoms with Crippen molar-refractivity contribution in [1.82, 2.24) is 15.1 Å². The second-order valence-corrected chi connectivity index (χ2v) is 9.00. The van der Waals surface area contributed by atoms with Crippen LogP contribution in [0.5, 0.6) is 0 Å². The molecule has 8 heteroatoms. The van der Waals surface area contributed by atoms with Gasteiger partial charge in [-0.3, -0.25) is 19.2 Å². The number of hydrogen-bond donors (Lipinski definition) is 1. The quantitative estimate of drug-likeness (QED) is 0.677. The number of rotatable bonds is 6. The minimum atomic E-state index is -1.20. The molecule has 8 nitrogen and oxygen atoms in total. The van der Waals surface area contributed by atoms with Crippen LogP contribution in [0.1, 0.15) is 79.4 Å². The van der Waals surface area contributed by atoms with Crippen molar-refractivity contribution >= 4 is 23.5 Å². The second-order valence-electron chi connectivity index (χ2n) is 9.00. The molecule has 33 heavy (non-hydrogen) atoms. The van der Waals surface area contributed by atoms with Crippen LogP contribution in [0.15, 0.2) is 30.3 Å². The highest BCUT2D eigenvalue weighted by Crippen LogP contribution is 2.35. The number of para-hydroxylation sites is 1. The van der Waals surface area contributed by atoms with Gasteiger partial charge in [0, 0.05) is 17.8 Å². The number of fused-ring (bicyclic) bond motifs is 1. The predicted molar refractivity (Wildman–Crippen MR) is 124 cm³/mol. The molecule has 0 bridgehead atoms. The Morgan fingerprint density at radius 3 is 2.61 bits per heavy atom. The molecule has 1 aromatic carbocycles. The van der Waals surface area contributed by atoms with E-state index in [1.165, 1.54) is 17.2 Å². The van der Waals surface area contributed by atoms with Crippen LogP contribution in [0.4, 0.5) is 5.69 Å². The highest BCUT2D eigenvalue weighted by molar-refractivity contribution is 6.12. The summed E-state index contributed by atoms with van der Waals surface area (Å²) >= 11 is 0. The van der Waals surface area contributed by atoms with E-state index in [0.29, 0.717) is 12.1 Å². The fourth-order valence-corrected chi connectivity index (χ4v) is 4.88. The molecular weight excluding hydrogens is 420 g/mol. The second kappa shape index (κ2) is 9.37. The number of nitrogens with zero attached hydrogens (tertiary/aromatic N) is 3. The third kappa shape index (κ3) is 4.26. The Morgan fingerprint density at radius 1 is 1.18 bits per heavy atom. The maximum atomic E-state index is 13.8. The van der Waals surface area contributed by atoms with Gasteiger partial charge >= 0.3 is 5.97 Å². The molecule has 1 fully saturated rings. The Bertz CT molecular complexity index is 1060. The molecule has 2 amide bonds. The standard InChI is InChI=1S/C25H32N4O4/c1-4-17-11-9-10-14-20(17)29-22(30)21-15-19(23(31)33-5-2)27-28(21)16-25(29,3)24(32)26-18-12-7-6-8-13-18/h9-11,14-15,18H,4-8,12-13,16H2,1-3H3,(H,26,32)/t25-/m0/s1. The number of amides is 2. The summed E-state index contributed by atoms with van der Waals surface area (Å²) in [4.78, 5) is 41.4. The van der Waals surface area contributed by atoms with Gasteiger partial charge in [0.05, 0.1) is 13.2 Å². The monoisotopic (exact) mass is 452 g/mol. The summed E-state index contributed by atoms with van der Waals surface area (Å²) in [6.07, 6.45) is 5.98. The van der Waals surface area contributed by atoms with Crippen molar-refractivity contribution in [3.63, 3.8) is 0 Å². The molecule has 2 aromatic rings. The van der Waals surface area contributed by atoms with Crippen molar-refractivity contribution in [2.45, 2.75) is 77.4 Å². The first-order valence-electron chi connectivity index (χ1n) is 11.9. The minimum absolute atomic E-state index is 0.0702. The van der Waals surface area contributed by atoms with Crippen molar-refractivity contribution in [3.8, 4) is 0 Å². The average molecular weight is 453 g/mol. The molecule has 0 saturated heterocycles. The van der Waals surface area contributed by atoms with Crippen molar-refractivity contribution in [2.75, 3.05) is 11.5 Å². The van der Waals surface area contributed by atoms with Crippen LogP contribution in [0, 0.1) is 0 Å². The average Bonchev–Trinajstić information content (AvgIpc) is 3.24. The number of anilines is 1. The van der Waals surface area contributed by atoms with E-state index in [9.17, 15) is 14.4 Å². The molecule has 0 spiro atoms. The summed E-state index contributed by atoms with van der Waals surface area (Å²) in [6.45, 7) is 5.88. The van der Waals surface area contributed by atoms with Crippen LogP contribution in [-0.2, 0) is 22.5 Å². The third-order valence-electron chi connectivity index (χ3n) is 6.68. The number of carbonyl (C=O) groups excluding carboxylic acids is 3. The fraction of sp³-hybridized carbons (Fsp3) is 0.520. The van der Waals surface area contributed by atoms with Crippen LogP contribution >= 0.6 is 0 Å². The van der Waals surface area contributed by atoms with Gasteiger partial charge < -0.3 is 10.1 Å². The van der Waals surface area contributed by atoms with E-state index >= 15 is 0 Å². The fourth-order valence-electron chi connectivity index (χ4n) is 4.88. The Balaban J connectivity index is 1.77. The molecule has 1 atom stereocenters. The number of nitrogens with one attached hydrogen (secondary N) is 1. The van der Waals surface area contributed by atoms with Gasteiger partial charge in [-0.1, -0.05) is 44.4 Å². The van der Waals surface area contributed by atoms with Crippen molar-refractivity contribution in [1.29, 1.82) is 0 Å². The number of hydrogen-bond acceptors (Lipinski definition) is 5. The highest BCUT2D eigenvalue weighted by atomic mass is 16.5. The number of esters is 1. The predicted octanol–water partition coefficient (Wildman–Crippen LogP) is 3.49. The maximum absolute atomic E-state index is 13.8. The lowest BCUT2D eigenvalue weighted by atomic mass is 9.90. The van der Waals surface area contributed by atoms with Gasteiger partial charge in [0.2, 0.25) is 5.91 Å². The van der Waals surface area contributed by atoms with E-state index in [1.54, 1.807) is 18.7 Å². The molecule has 176 valence electrons. The first-order chi connectivity index (χ1) is 15.9. The molecule has 0 radical (unpaired) electrons. The first kappa shape index (κ1) is 23.0. The molecule has 1 aliphatic carbocycles. The van der Waals surface area contributed by atoms with Crippen LogP contribution < -0.4 is 10.2 Å². The Hall–Kier alpha value is -3.16. The zero-order valence-electron chi connectivity index (χ0n) is 19.6. The summed E-state index contributed by atoms with van der Waals surface area (Å²) < 4.78 is 6.54. The summed E-state index contributed by atoms with van der Waals surface area (Å²) in [6, 6.07) is 9.21. The maximum Gasteiger partial charge on any atom is 0.358 e. The van der Waals surface area contributed by atoms with E-state index in [1.807, 2.05) is 31.2 Å². The van der Waals surface area contributed by atoms with Gasteiger partial charge in [-0.2, -0.15) is 5.10 Å². The molecule has 1 saturated carbocycles. The number of ether oxygens (including phenoxy) is 1. The largest absolute Gasteiger partial charge is 0.461 e. The van der Waals surface area contributed by atoms with Crippen molar-refractivity contribution in [2.24, 2.45) is 0 Å². The zero-order chi connectivity index (χ0) is 23.6. The summed E-state index contributed by atoms with van der Waals surface area (Å²) in [7, 11) is 0. The molecule has 1 aromatic heterocycles. The Morgan fingerprint density at radius 2 is 1.91 bits per heavy atom. The Kier molecular flexibility index (Phi) is 6.54. The third-order valence-corrected chi connectivity index (χ3v) is 6.68. The summed E-state index contributed by atoms with van der Waals surface area (Å²) in [5.74, 6) is -1.14. The number of benzene rings is 1. The zero-order valence-corrected chi connectivity index (χ0v) is 19.6. The van der Waals surface area contributed by atoms with Crippen LogP contribution in [0.25, 0.3) is 0 Å². The molecule has 2 aliphatic rings. The van der Waals surface area contributed by atoms with Crippen molar-refractivity contribution < 1.29 is 19.1 Å². The minimum Gasteiger partial charge on any atom is -0.461 e. The van der Waals surface area contributed by atoms with E-state index in [2.05, 4.69) is 10.4 Å². The number of aryl methyl sites for hydroxylation is 1. The normalized spacial score (nSPS) is 20.9. The lowest BCUT2D eigenvalue weighted by Crippen LogP contribution is -2.65. The molecule has 0 unspecified atom stereocenters.